The van der Waals surface area contributed by atoms with Crippen LogP contribution in [0.4, 0.5) is 0 Å². The lowest BCUT2D eigenvalue weighted by atomic mass is 10.0. The minimum absolute atomic E-state index is 0.167. The number of amides is 1. The summed E-state index contributed by atoms with van der Waals surface area (Å²) in [5.74, 6) is -1.23. The predicted octanol–water partition coefficient (Wildman–Crippen LogP) is 0.537. The molecule has 2 aromatic rings. The molecule has 26 heavy (non-hydrogen) atoms. The first kappa shape index (κ1) is 19.3. The first-order valence-electron chi connectivity index (χ1n) is 8.03. The monoisotopic (exact) mass is 359 g/mol. The van der Waals surface area contributed by atoms with Crippen molar-refractivity contribution in [2.24, 2.45) is 0 Å². The Balaban J connectivity index is 2.18. The second kappa shape index (κ2) is 9.42. The van der Waals surface area contributed by atoms with Crippen molar-refractivity contribution in [2.45, 2.75) is 25.4 Å². The van der Waals surface area contributed by atoms with Crippen LogP contribution in [0.25, 0.3) is 0 Å². The van der Waals surface area contributed by atoms with Crippen LogP contribution in [0.15, 0.2) is 43.0 Å². The Bertz CT molecular complexity index is 747. The molecule has 0 radical (unpaired) electrons. The zero-order chi connectivity index (χ0) is 18.9. The Labute approximate surface area is 150 Å². The number of nitrogens with zero attached hydrogens (tertiary/aromatic N) is 4. The molecule has 0 aliphatic carbocycles. The van der Waals surface area contributed by atoms with E-state index in [1.54, 1.807) is 6.92 Å². The van der Waals surface area contributed by atoms with Crippen molar-refractivity contribution in [1.82, 2.24) is 25.5 Å². The van der Waals surface area contributed by atoms with Crippen molar-refractivity contribution < 1.29 is 19.4 Å². The third-order valence-electron chi connectivity index (χ3n) is 3.66. The summed E-state index contributed by atoms with van der Waals surface area (Å²) in [6.07, 6.45) is 1.82. The number of aromatic nitrogens is 4. The second-order valence-corrected chi connectivity index (χ2v) is 5.60. The molecule has 1 amide bonds. The van der Waals surface area contributed by atoms with E-state index < -0.39 is 24.0 Å². The smallest absolute Gasteiger partial charge is 0.328 e. The average Bonchev–Trinajstić information content (AvgIpc) is 3.05. The normalized spacial score (nSPS) is 13.0. The van der Waals surface area contributed by atoms with Crippen LogP contribution in [0, 0.1) is 6.92 Å². The molecule has 1 aromatic carbocycles. The Kier molecular flexibility index (Phi) is 6.98. The van der Waals surface area contributed by atoms with Gasteiger partial charge in [-0.2, -0.15) is 0 Å². The molecule has 138 valence electrons. The van der Waals surface area contributed by atoms with Crippen LogP contribution >= 0.6 is 0 Å². The number of carboxylic acid groups (broad SMARTS) is 1. The van der Waals surface area contributed by atoms with Crippen LogP contribution in [-0.4, -0.2) is 56.4 Å². The lowest BCUT2D eigenvalue weighted by Crippen LogP contribution is -2.47. The standard InChI is InChI=1S/C17H21N5O4/c1-3-9-26-11-14(17(24)25)18-16(23)15(22-12(2)19-20-21-22)10-13-7-5-4-6-8-13/h3-8,14-15H,1,9-11H2,2H3,(H,18,23)(H,24,25). The van der Waals surface area contributed by atoms with E-state index in [1.807, 2.05) is 30.3 Å². The van der Waals surface area contributed by atoms with Crippen LogP contribution in [-0.2, 0) is 20.7 Å². The maximum Gasteiger partial charge on any atom is 0.328 e. The number of benzene rings is 1. The maximum atomic E-state index is 12.8. The van der Waals surface area contributed by atoms with Gasteiger partial charge in [-0.05, 0) is 22.9 Å². The van der Waals surface area contributed by atoms with E-state index in [1.165, 1.54) is 10.8 Å². The summed E-state index contributed by atoms with van der Waals surface area (Å²) in [4.78, 5) is 24.2. The molecule has 1 heterocycles. The molecule has 2 unspecified atom stereocenters. The van der Waals surface area contributed by atoms with Crippen molar-refractivity contribution in [3.63, 3.8) is 0 Å². The van der Waals surface area contributed by atoms with E-state index in [0.29, 0.717) is 12.2 Å². The topological polar surface area (TPSA) is 119 Å². The number of rotatable bonds is 10. The van der Waals surface area contributed by atoms with Crippen molar-refractivity contribution in [1.29, 1.82) is 0 Å². The SMILES string of the molecule is C=CCOCC(NC(=O)C(Cc1ccccc1)n1nnnc1C)C(=O)O. The summed E-state index contributed by atoms with van der Waals surface area (Å²) < 4.78 is 6.54. The predicted molar refractivity (Wildman–Crippen MR) is 92.3 cm³/mol. The minimum atomic E-state index is -1.19. The molecule has 0 bridgehead atoms. The summed E-state index contributed by atoms with van der Waals surface area (Å²) in [5, 5.41) is 23.0. The lowest BCUT2D eigenvalue weighted by molar-refractivity contribution is -0.144. The molecule has 9 heteroatoms. The highest BCUT2D eigenvalue weighted by Gasteiger charge is 2.28. The molecular weight excluding hydrogens is 338 g/mol. The minimum Gasteiger partial charge on any atom is -0.480 e. The molecule has 0 aliphatic rings. The number of ether oxygens (including phenoxy) is 1. The van der Waals surface area contributed by atoms with E-state index >= 15 is 0 Å². The number of aliphatic carboxylic acids is 1. The zero-order valence-electron chi connectivity index (χ0n) is 14.4. The van der Waals surface area contributed by atoms with Crippen molar-refractivity contribution in [2.75, 3.05) is 13.2 Å². The molecule has 0 fully saturated rings. The van der Waals surface area contributed by atoms with Crippen LogP contribution in [0.5, 0.6) is 0 Å². The van der Waals surface area contributed by atoms with Crippen LogP contribution < -0.4 is 5.32 Å². The summed E-state index contributed by atoms with van der Waals surface area (Å²) in [5.41, 5.74) is 0.900. The number of carboxylic acids is 1. The summed E-state index contributed by atoms with van der Waals surface area (Å²) >= 11 is 0. The van der Waals surface area contributed by atoms with Gasteiger partial charge in [0.2, 0.25) is 5.91 Å². The molecule has 0 saturated heterocycles. The summed E-state index contributed by atoms with van der Waals surface area (Å²) in [7, 11) is 0. The van der Waals surface area contributed by atoms with Gasteiger partial charge in [-0.1, -0.05) is 36.4 Å². The Hall–Kier alpha value is -3.07. The molecule has 0 spiro atoms. The van der Waals surface area contributed by atoms with Crippen LogP contribution in [0.3, 0.4) is 0 Å². The molecule has 0 saturated carbocycles. The Morgan fingerprint density at radius 1 is 1.38 bits per heavy atom. The fourth-order valence-corrected chi connectivity index (χ4v) is 2.37. The highest BCUT2D eigenvalue weighted by molar-refractivity contribution is 5.86. The van der Waals surface area contributed by atoms with Gasteiger partial charge in [0.25, 0.3) is 0 Å². The number of hydrogen-bond acceptors (Lipinski definition) is 6. The van der Waals surface area contributed by atoms with E-state index in [9.17, 15) is 14.7 Å². The van der Waals surface area contributed by atoms with Gasteiger partial charge in [0, 0.05) is 6.42 Å². The molecule has 0 aliphatic heterocycles. The van der Waals surface area contributed by atoms with Gasteiger partial charge < -0.3 is 15.2 Å². The largest absolute Gasteiger partial charge is 0.480 e. The Morgan fingerprint density at radius 2 is 2.12 bits per heavy atom. The zero-order valence-corrected chi connectivity index (χ0v) is 14.4. The first-order valence-corrected chi connectivity index (χ1v) is 8.03. The van der Waals surface area contributed by atoms with E-state index in [0.717, 1.165) is 5.56 Å². The van der Waals surface area contributed by atoms with Crippen LogP contribution in [0.2, 0.25) is 0 Å². The summed E-state index contributed by atoms with van der Waals surface area (Å²) in [6, 6.07) is 7.38. The van der Waals surface area contributed by atoms with Crippen molar-refractivity contribution in [3.05, 3.63) is 54.4 Å². The maximum absolute atomic E-state index is 12.8. The lowest BCUT2D eigenvalue weighted by Gasteiger charge is -2.21. The van der Waals surface area contributed by atoms with E-state index in [2.05, 4.69) is 27.4 Å². The van der Waals surface area contributed by atoms with Gasteiger partial charge in [0.15, 0.2) is 6.04 Å². The van der Waals surface area contributed by atoms with Crippen LogP contribution in [0.1, 0.15) is 17.4 Å². The van der Waals surface area contributed by atoms with Gasteiger partial charge in [0.1, 0.15) is 11.9 Å². The van der Waals surface area contributed by atoms with Gasteiger partial charge in [-0.25, -0.2) is 9.48 Å². The van der Waals surface area contributed by atoms with Crippen molar-refractivity contribution >= 4 is 11.9 Å². The average molecular weight is 359 g/mol. The highest BCUT2D eigenvalue weighted by atomic mass is 16.5. The summed E-state index contributed by atoms with van der Waals surface area (Å²) in [6.45, 7) is 5.20. The quantitative estimate of drug-likeness (QED) is 0.469. The highest BCUT2D eigenvalue weighted by Crippen LogP contribution is 2.15. The molecule has 2 rings (SSSR count). The first-order chi connectivity index (χ1) is 12.5. The molecule has 9 nitrogen and oxygen atoms in total. The number of tetrazole rings is 1. The fraction of sp³-hybridized carbons (Fsp3) is 0.353. The number of hydrogen-bond donors (Lipinski definition) is 2. The number of aryl methyl sites for hydroxylation is 1. The molecule has 2 N–H and O–H groups in total. The number of carbonyl (C=O) groups excluding carboxylic acids is 1. The molecular formula is C17H21N5O4. The molecule has 1 aromatic heterocycles. The van der Waals surface area contributed by atoms with Crippen molar-refractivity contribution in [3.8, 4) is 0 Å². The third kappa shape index (κ3) is 5.21. The second-order valence-electron chi connectivity index (χ2n) is 5.60. The fourth-order valence-electron chi connectivity index (χ4n) is 2.37. The van der Waals surface area contributed by atoms with Gasteiger partial charge in [-0.3, -0.25) is 4.79 Å². The van der Waals surface area contributed by atoms with E-state index in [-0.39, 0.29) is 13.2 Å². The number of carbonyl (C=O) groups is 2. The Morgan fingerprint density at radius 3 is 2.69 bits per heavy atom. The van der Waals surface area contributed by atoms with E-state index in [4.69, 9.17) is 4.74 Å². The molecule has 2 atom stereocenters. The van der Waals surface area contributed by atoms with Gasteiger partial charge in [-0.15, -0.1) is 11.7 Å². The van der Waals surface area contributed by atoms with Gasteiger partial charge >= 0.3 is 5.97 Å². The third-order valence-corrected chi connectivity index (χ3v) is 3.66. The van der Waals surface area contributed by atoms with Gasteiger partial charge in [0.05, 0.1) is 13.2 Å². The number of nitrogens with one attached hydrogen (secondary N) is 1.